The Kier molecular flexibility index (Phi) is 4.90. The van der Waals surface area contributed by atoms with Gasteiger partial charge in [-0.15, -0.1) is 0 Å². The first-order chi connectivity index (χ1) is 10.1. The normalized spacial score (nSPS) is 11.8. The van der Waals surface area contributed by atoms with Crippen LogP contribution in [0, 0.1) is 0 Å². The predicted octanol–water partition coefficient (Wildman–Crippen LogP) is 2.33. The molecule has 0 saturated heterocycles. The van der Waals surface area contributed by atoms with E-state index in [-0.39, 0.29) is 18.6 Å². The molecule has 21 heavy (non-hydrogen) atoms. The lowest BCUT2D eigenvalue weighted by Crippen LogP contribution is -2.37. The number of carbonyl (C=O) groups is 1. The Morgan fingerprint density at radius 2 is 2.00 bits per heavy atom. The lowest BCUT2D eigenvalue weighted by molar-refractivity contribution is 0.0682. The first kappa shape index (κ1) is 15.0. The highest BCUT2D eigenvalue weighted by atomic mass is 16.5. The van der Waals surface area contributed by atoms with Crippen molar-refractivity contribution in [3.8, 4) is 11.5 Å². The van der Waals surface area contributed by atoms with Gasteiger partial charge >= 0.3 is 0 Å². The molecule has 0 radical (unpaired) electrons. The number of likely N-dealkylation sites (N-methyl/N-ethyl adjacent to an activating group) is 1. The average Bonchev–Trinajstić information content (AvgIpc) is 2.54. The maximum atomic E-state index is 12.2. The molecule has 110 valence electrons. The van der Waals surface area contributed by atoms with Crippen LogP contribution >= 0.6 is 0 Å². The van der Waals surface area contributed by atoms with E-state index in [2.05, 4.69) is 4.98 Å². The van der Waals surface area contributed by atoms with E-state index < -0.39 is 0 Å². The zero-order valence-electron chi connectivity index (χ0n) is 12.1. The molecule has 0 aliphatic rings. The second-order valence-corrected chi connectivity index (χ2v) is 4.76. The molecule has 1 aromatic carbocycles. The Balaban J connectivity index is 2.07. The molecular formula is C16H18N2O3. The lowest BCUT2D eigenvalue weighted by Gasteiger charge is -2.23. The van der Waals surface area contributed by atoms with Crippen molar-refractivity contribution in [3.05, 3.63) is 54.4 Å². The number of aliphatic hydroxyl groups is 1. The largest absolute Gasteiger partial charge is 0.456 e. The van der Waals surface area contributed by atoms with E-state index in [0.29, 0.717) is 17.1 Å². The number of nitrogens with zero attached hydrogens (tertiary/aromatic N) is 2. The summed E-state index contributed by atoms with van der Waals surface area (Å²) in [5, 5.41) is 9.09. The van der Waals surface area contributed by atoms with E-state index in [4.69, 9.17) is 9.84 Å². The highest BCUT2D eigenvalue weighted by Crippen LogP contribution is 2.21. The van der Waals surface area contributed by atoms with E-state index in [1.165, 1.54) is 4.90 Å². The molecule has 0 aliphatic carbocycles. The van der Waals surface area contributed by atoms with Crippen LogP contribution in [0.5, 0.6) is 11.5 Å². The van der Waals surface area contributed by atoms with E-state index in [0.717, 1.165) is 0 Å². The fourth-order valence-corrected chi connectivity index (χ4v) is 1.74. The van der Waals surface area contributed by atoms with Gasteiger partial charge in [-0.2, -0.15) is 0 Å². The number of aliphatic hydroxyl groups excluding tert-OH is 1. The summed E-state index contributed by atoms with van der Waals surface area (Å²) in [7, 11) is 1.67. The molecule has 5 nitrogen and oxygen atoms in total. The van der Waals surface area contributed by atoms with Crippen LogP contribution in [0.25, 0.3) is 0 Å². The third-order valence-electron chi connectivity index (χ3n) is 3.22. The average molecular weight is 286 g/mol. The minimum absolute atomic E-state index is 0.0650. The summed E-state index contributed by atoms with van der Waals surface area (Å²) in [5.41, 5.74) is 0.552. The molecule has 1 atom stereocenters. The SMILES string of the molecule is CC(CO)N(C)C(=O)c1ccc(Oc2cccnc2)cc1. The molecule has 0 bridgehead atoms. The van der Waals surface area contributed by atoms with E-state index >= 15 is 0 Å². The zero-order valence-corrected chi connectivity index (χ0v) is 12.1. The number of hydrogen-bond acceptors (Lipinski definition) is 4. The van der Waals surface area contributed by atoms with Crippen LogP contribution in [0.1, 0.15) is 17.3 Å². The maximum absolute atomic E-state index is 12.2. The smallest absolute Gasteiger partial charge is 0.253 e. The van der Waals surface area contributed by atoms with Crippen LogP contribution in [0.3, 0.4) is 0 Å². The van der Waals surface area contributed by atoms with Crippen LogP contribution in [0.15, 0.2) is 48.8 Å². The Labute approximate surface area is 123 Å². The van der Waals surface area contributed by atoms with Crippen molar-refractivity contribution in [2.24, 2.45) is 0 Å². The molecule has 1 amide bonds. The number of hydrogen-bond donors (Lipinski definition) is 1. The van der Waals surface area contributed by atoms with Crippen LogP contribution in [-0.4, -0.2) is 40.6 Å². The predicted molar refractivity (Wildman–Crippen MR) is 79.4 cm³/mol. The molecule has 2 aromatic rings. The summed E-state index contributed by atoms with van der Waals surface area (Å²) >= 11 is 0. The molecule has 1 aromatic heterocycles. The molecule has 1 heterocycles. The molecule has 0 fully saturated rings. The summed E-state index contributed by atoms with van der Waals surface area (Å²) in [5.74, 6) is 1.14. The Bertz CT molecular complexity index is 584. The van der Waals surface area contributed by atoms with Crippen molar-refractivity contribution < 1.29 is 14.6 Å². The first-order valence-electron chi connectivity index (χ1n) is 6.67. The van der Waals surface area contributed by atoms with Gasteiger partial charge in [0.25, 0.3) is 5.91 Å². The number of benzene rings is 1. The van der Waals surface area contributed by atoms with Crippen LogP contribution in [-0.2, 0) is 0 Å². The maximum Gasteiger partial charge on any atom is 0.253 e. The summed E-state index contributed by atoms with van der Waals surface area (Å²) in [6, 6.07) is 10.3. The molecule has 5 heteroatoms. The molecule has 0 spiro atoms. The fourth-order valence-electron chi connectivity index (χ4n) is 1.74. The molecule has 0 aliphatic heterocycles. The highest BCUT2D eigenvalue weighted by molar-refractivity contribution is 5.94. The van der Waals surface area contributed by atoms with Crippen molar-refractivity contribution in [1.29, 1.82) is 0 Å². The standard InChI is InChI=1S/C16H18N2O3/c1-12(11-19)18(2)16(20)13-5-7-14(8-6-13)21-15-4-3-9-17-10-15/h3-10,12,19H,11H2,1-2H3. The minimum Gasteiger partial charge on any atom is -0.456 e. The summed E-state index contributed by atoms with van der Waals surface area (Å²) in [4.78, 5) is 17.7. The van der Waals surface area contributed by atoms with Gasteiger partial charge in [-0.3, -0.25) is 9.78 Å². The van der Waals surface area contributed by atoms with Gasteiger partial charge in [0.05, 0.1) is 18.8 Å². The number of pyridine rings is 1. The van der Waals surface area contributed by atoms with Gasteiger partial charge in [-0.05, 0) is 43.3 Å². The molecular weight excluding hydrogens is 268 g/mol. The summed E-state index contributed by atoms with van der Waals surface area (Å²) in [6.07, 6.45) is 3.29. The molecule has 0 saturated carbocycles. The van der Waals surface area contributed by atoms with Gasteiger partial charge in [0, 0.05) is 18.8 Å². The second kappa shape index (κ2) is 6.85. The van der Waals surface area contributed by atoms with E-state index in [9.17, 15) is 4.79 Å². The topological polar surface area (TPSA) is 62.7 Å². The molecule has 2 rings (SSSR count). The quantitative estimate of drug-likeness (QED) is 0.916. The van der Waals surface area contributed by atoms with Gasteiger partial charge in [0.2, 0.25) is 0 Å². The fraction of sp³-hybridized carbons (Fsp3) is 0.250. The number of amides is 1. The van der Waals surface area contributed by atoms with Crippen molar-refractivity contribution in [1.82, 2.24) is 9.88 Å². The van der Waals surface area contributed by atoms with Gasteiger partial charge in [-0.25, -0.2) is 0 Å². The van der Waals surface area contributed by atoms with E-state index in [1.54, 1.807) is 56.7 Å². The van der Waals surface area contributed by atoms with Gasteiger partial charge in [0.1, 0.15) is 11.5 Å². The van der Waals surface area contributed by atoms with Crippen molar-refractivity contribution in [3.63, 3.8) is 0 Å². The minimum atomic E-state index is -0.219. The highest BCUT2D eigenvalue weighted by Gasteiger charge is 2.16. The third kappa shape index (κ3) is 3.79. The first-order valence-corrected chi connectivity index (χ1v) is 6.67. The summed E-state index contributed by atoms with van der Waals surface area (Å²) in [6.45, 7) is 1.72. The zero-order chi connectivity index (χ0) is 15.2. The summed E-state index contributed by atoms with van der Waals surface area (Å²) < 4.78 is 5.61. The molecule has 1 unspecified atom stereocenters. The lowest BCUT2D eigenvalue weighted by atomic mass is 10.1. The van der Waals surface area contributed by atoms with Crippen LogP contribution in [0.2, 0.25) is 0 Å². The van der Waals surface area contributed by atoms with Gasteiger partial charge in [0.15, 0.2) is 0 Å². The van der Waals surface area contributed by atoms with E-state index in [1.807, 2.05) is 6.07 Å². The second-order valence-electron chi connectivity index (χ2n) is 4.76. The van der Waals surface area contributed by atoms with Crippen LogP contribution in [0.4, 0.5) is 0 Å². The molecule has 1 N–H and O–H groups in total. The Morgan fingerprint density at radius 1 is 1.29 bits per heavy atom. The third-order valence-corrected chi connectivity index (χ3v) is 3.22. The van der Waals surface area contributed by atoms with Gasteiger partial charge < -0.3 is 14.7 Å². The number of ether oxygens (including phenoxy) is 1. The number of aromatic nitrogens is 1. The monoisotopic (exact) mass is 286 g/mol. The Morgan fingerprint density at radius 3 is 2.57 bits per heavy atom. The van der Waals surface area contributed by atoms with Gasteiger partial charge in [-0.1, -0.05) is 0 Å². The van der Waals surface area contributed by atoms with Crippen molar-refractivity contribution >= 4 is 5.91 Å². The number of carbonyl (C=O) groups excluding carboxylic acids is 1. The van der Waals surface area contributed by atoms with Crippen molar-refractivity contribution in [2.45, 2.75) is 13.0 Å². The number of rotatable bonds is 5. The van der Waals surface area contributed by atoms with Crippen molar-refractivity contribution in [2.75, 3.05) is 13.7 Å². The van der Waals surface area contributed by atoms with Crippen LogP contribution < -0.4 is 4.74 Å². The Hall–Kier alpha value is -2.40.